The van der Waals surface area contributed by atoms with Crippen molar-refractivity contribution in [2.24, 2.45) is 0 Å². The van der Waals surface area contributed by atoms with Crippen LogP contribution in [0.4, 0.5) is 0 Å². The van der Waals surface area contributed by atoms with Crippen LogP contribution in [-0.2, 0) is 14.8 Å². The molecular weight excluding hydrogens is 414 g/mol. The molecule has 158 valence electrons. The number of para-hydroxylation sites is 1. The molecule has 2 aliphatic rings. The number of aliphatic carboxylic acids is 1. The molecule has 6 nitrogen and oxygen atoms in total. The number of nitrogens with one attached hydrogen (secondary N) is 1. The standard InChI is InChI=1S/C24H21NO5S/c1-14(24(26)27)18-7-4-8-19-22-20(11-12-21(22)30-23(18)19)25-31(28,29)17-10-9-15-5-2-3-6-16(15)13-17/h2-10,13,20-22,25H,1,11-12H2,(H,26,27). The zero-order valence-corrected chi connectivity index (χ0v) is 17.4. The summed E-state index contributed by atoms with van der Waals surface area (Å²) < 4.78 is 35.3. The van der Waals surface area contributed by atoms with Gasteiger partial charge in [0.15, 0.2) is 0 Å². The molecule has 3 atom stereocenters. The molecule has 1 saturated carbocycles. The van der Waals surface area contributed by atoms with Crippen molar-refractivity contribution in [3.8, 4) is 5.75 Å². The van der Waals surface area contributed by atoms with E-state index in [1.165, 1.54) is 0 Å². The van der Waals surface area contributed by atoms with Crippen molar-refractivity contribution in [3.63, 3.8) is 0 Å². The molecule has 0 spiro atoms. The molecule has 0 radical (unpaired) electrons. The Morgan fingerprint density at radius 3 is 2.58 bits per heavy atom. The average molecular weight is 436 g/mol. The van der Waals surface area contributed by atoms with Crippen LogP contribution in [0.3, 0.4) is 0 Å². The monoisotopic (exact) mass is 435 g/mol. The Morgan fingerprint density at radius 1 is 1.03 bits per heavy atom. The van der Waals surface area contributed by atoms with E-state index in [4.69, 9.17) is 4.74 Å². The van der Waals surface area contributed by atoms with Crippen molar-refractivity contribution in [1.29, 1.82) is 0 Å². The van der Waals surface area contributed by atoms with Gasteiger partial charge < -0.3 is 9.84 Å². The van der Waals surface area contributed by atoms with Crippen molar-refractivity contribution in [2.75, 3.05) is 0 Å². The Hall–Kier alpha value is -3.16. The van der Waals surface area contributed by atoms with Gasteiger partial charge in [0.2, 0.25) is 10.0 Å². The Morgan fingerprint density at radius 2 is 1.81 bits per heavy atom. The molecule has 2 N–H and O–H groups in total. The molecule has 0 aromatic heterocycles. The molecule has 3 aromatic carbocycles. The van der Waals surface area contributed by atoms with E-state index in [1.807, 2.05) is 30.3 Å². The molecule has 1 aliphatic heterocycles. The van der Waals surface area contributed by atoms with E-state index < -0.39 is 16.0 Å². The summed E-state index contributed by atoms with van der Waals surface area (Å²) in [6.45, 7) is 3.65. The van der Waals surface area contributed by atoms with Crippen LogP contribution < -0.4 is 9.46 Å². The van der Waals surface area contributed by atoms with Crippen LogP contribution in [0.25, 0.3) is 16.3 Å². The fraction of sp³-hybridized carbons (Fsp3) is 0.208. The number of benzene rings is 3. The van der Waals surface area contributed by atoms with E-state index in [1.54, 1.807) is 30.3 Å². The first-order valence-corrected chi connectivity index (χ1v) is 11.6. The maximum atomic E-state index is 13.2. The highest BCUT2D eigenvalue weighted by molar-refractivity contribution is 7.89. The van der Waals surface area contributed by atoms with E-state index >= 15 is 0 Å². The fourth-order valence-corrected chi connectivity index (χ4v) is 6.03. The maximum Gasteiger partial charge on any atom is 0.335 e. The molecule has 7 heteroatoms. The maximum absolute atomic E-state index is 13.2. The zero-order chi connectivity index (χ0) is 21.8. The van der Waals surface area contributed by atoms with Gasteiger partial charge in [-0.15, -0.1) is 0 Å². The molecule has 5 rings (SSSR count). The number of carbonyl (C=O) groups is 1. The van der Waals surface area contributed by atoms with E-state index in [0.717, 1.165) is 16.3 Å². The van der Waals surface area contributed by atoms with Crippen LogP contribution in [0.1, 0.15) is 29.9 Å². The molecule has 3 unspecified atom stereocenters. The fourth-order valence-electron chi connectivity index (χ4n) is 4.70. The summed E-state index contributed by atoms with van der Waals surface area (Å²) >= 11 is 0. The second kappa shape index (κ2) is 7.21. The van der Waals surface area contributed by atoms with E-state index in [2.05, 4.69) is 11.3 Å². The predicted octanol–water partition coefficient (Wildman–Crippen LogP) is 3.92. The molecule has 1 heterocycles. The Kier molecular flexibility index (Phi) is 4.60. The highest BCUT2D eigenvalue weighted by Gasteiger charge is 2.47. The summed E-state index contributed by atoms with van der Waals surface area (Å²) in [5, 5.41) is 11.2. The van der Waals surface area contributed by atoms with Crippen LogP contribution in [-0.4, -0.2) is 31.6 Å². The van der Waals surface area contributed by atoms with Crippen molar-refractivity contribution < 1.29 is 23.1 Å². The van der Waals surface area contributed by atoms with Gasteiger partial charge in [-0.25, -0.2) is 17.9 Å². The molecule has 1 aliphatic carbocycles. The first-order chi connectivity index (χ1) is 14.8. The summed E-state index contributed by atoms with van der Waals surface area (Å²) in [5.41, 5.74) is 1.23. The normalized spacial score (nSPS) is 22.0. The van der Waals surface area contributed by atoms with E-state index in [0.29, 0.717) is 24.2 Å². The summed E-state index contributed by atoms with van der Waals surface area (Å²) in [6, 6.07) is 17.7. The largest absolute Gasteiger partial charge is 0.489 e. The minimum atomic E-state index is -3.73. The van der Waals surface area contributed by atoms with Gasteiger partial charge in [-0.3, -0.25) is 0 Å². The van der Waals surface area contributed by atoms with Crippen molar-refractivity contribution >= 4 is 32.3 Å². The van der Waals surface area contributed by atoms with Gasteiger partial charge >= 0.3 is 5.97 Å². The number of hydrogen-bond acceptors (Lipinski definition) is 4. The lowest BCUT2D eigenvalue weighted by Gasteiger charge is -2.20. The van der Waals surface area contributed by atoms with Crippen LogP contribution in [0, 0.1) is 0 Å². The quantitative estimate of drug-likeness (QED) is 0.593. The first-order valence-electron chi connectivity index (χ1n) is 10.1. The van der Waals surface area contributed by atoms with Gasteiger partial charge in [0.1, 0.15) is 11.9 Å². The Bertz CT molecular complexity index is 1330. The molecule has 31 heavy (non-hydrogen) atoms. The molecule has 3 aromatic rings. The third kappa shape index (κ3) is 3.30. The first kappa shape index (κ1) is 19.8. The van der Waals surface area contributed by atoms with Gasteiger partial charge in [0.25, 0.3) is 0 Å². The minimum absolute atomic E-state index is 0.0369. The third-order valence-electron chi connectivity index (χ3n) is 6.19. The second-order valence-electron chi connectivity index (χ2n) is 8.00. The van der Waals surface area contributed by atoms with Gasteiger partial charge in [-0.05, 0) is 35.7 Å². The molecular formula is C24H21NO5S. The number of rotatable bonds is 5. The third-order valence-corrected chi connectivity index (χ3v) is 7.68. The zero-order valence-electron chi connectivity index (χ0n) is 16.6. The molecule has 1 fully saturated rings. The van der Waals surface area contributed by atoms with Gasteiger partial charge in [0, 0.05) is 23.1 Å². The van der Waals surface area contributed by atoms with Gasteiger partial charge in [-0.2, -0.15) is 0 Å². The van der Waals surface area contributed by atoms with E-state index in [9.17, 15) is 18.3 Å². The van der Waals surface area contributed by atoms with Crippen molar-refractivity contribution in [2.45, 2.75) is 35.8 Å². The highest BCUT2D eigenvalue weighted by Crippen LogP contribution is 2.49. The van der Waals surface area contributed by atoms with Crippen molar-refractivity contribution in [1.82, 2.24) is 4.72 Å². The number of sulfonamides is 1. The smallest absolute Gasteiger partial charge is 0.335 e. The summed E-state index contributed by atoms with van der Waals surface area (Å²) in [5.74, 6) is -0.783. The summed E-state index contributed by atoms with van der Waals surface area (Å²) in [4.78, 5) is 11.6. The average Bonchev–Trinajstić information content (AvgIpc) is 3.32. The highest BCUT2D eigenvalue weighted by atomic mass is 32.2. The number of carboxylic acid groups (broad SMARTS) is 1. The van der Waals surface area contributed by atoms with Crippen LogP contribution >= 0.6 is 0 Å². The SMILES string of the molecule is C=C(C(=O)O)c1cccc2c1OC1CCC(NS(=O)(=O)c3ccc4ccccc4c3)C21. The van der Waals surface area contributed by atoms with Crippen molar-refractivity contribution in [3.05, 3.63) is 78.4 Å². The lowest BCUT2D eigenvalue weighted by Crippen LogP contribution is -2.37. The number of ether oxygens (including phenoxy) is 1. The number of fused-ring (bicyclic) bond motifs is 4. The number of carboxylic acids is 1. The molecule has 0 amide bonds. The minimum Gasteiger partial charge on any atom is -0.489 e. The molecule has 0 saturated heterocycles. The lowest BCUT2D eigenvalue weighted by molar-refractivity contribution is -0.130. The van der Waals surface area contributed by atoms with Crippen LogP contribution in [0.15, 0.2) is 72.1 Å². The van der Waals surface area contributed by atoms with Gasteiger partial charge in [-0.1, -0.05) is 55.1 Å². The number of hydrogen-bond donors (Lipinski definition) is 2. The topological polar surface area (TPSA) is 92.7 Å². The van der Waals surface area contributed by atoms with Crippen LogP contribution in [0.2, 0.25) is 0 Å². The summed E-state index contributed by atoms with van der Waals surface area (Å²) in [7, 11) is -3.73. The summed E-state index contributed by atoms with van der Waals surface area (Å²) in [6.07, 6.45) is 1.14. The predicted molar refractivity (Wildman–Crippen MR) is 118 cm³/mol. The van der Waals surface area contributed by atoms with Gasteiger partial charge in [0.05, 0.1) is 10.5 Å². The molecule has 0 bridgehead atoms. The Balaban J connectivity index is 1.46. The van der Waals surface area contributed by atoms with Crippen LogP contribution in [0.5, 0.6) is 5.75 Å². The van der Waals surface area contributed by atoms with E-state index in [-0.39, 0.29) is 28.5 Å². The Labute approximate surface area is 180 Å². The second-order valence-corrected chi connectivity index (χ2v) is 9.72. The lowest BCUT2D eigenvalue weighted by atomic mass is 9.92.